The smallest absolute Gasteiger partial charge is 0.146 e. The van der Waals surface area contributed by atoms with E-state index in [1.165, 1.54) is 0 Å². The normalized spacial score (nSPS) is 8.79. The Labute approximate surface area is 83.0 Å². The molecule has 0 amide bonds. The molecule has 0 bridgehead atoms. The molecule has 0 spiro atoms. The summed E-state index contributed by atoms with van der Waals surface area (Å²) >= 11 is 0. The molecule has 0 fully saturated rings. The number of hydrogen-bond acceptors (Lipinski definition) is 4. The highest BCUT2D eigenvalue weighted by atomic mass is 15.0. The van der Waals surface area contributed by atoms with E-state index in [0.29, 0.717) is 30.3 Å². The predicted octanol–water partition coefficient (Wildman–Crippen LogP) is 0.956. The Bertz CT molecular complexity index is 398. The third-order valence-electron chi connectivity index (χ3n) is 1.57. The Balaban J connectivity index is 2.95. The molecule has 0 saturated carbocycles. The van der Waals surface area contributed by atoms with Gasteiger partial charge >= 0.3 is 0 Å². The van der Waals surface area contributed by atoms with Crippen LogP contribution in [0, 0.1) is 23.7 Å². The second-order valence-electron chi connectivity index (χ2n) is 2.58. The molecule has 1 rings (SSSR count). The number of rotatable bonds is 3. The highest BCUT2D eigenvalue weighted by molar-refractivity contribution is 5.40. The van der Waals surface area contributed by atoms with Gasteiger partial charge in [-0.3, -0.25) is 0 Å². The SMILES string of the molecule is C#CCNc1cc(C#N)nc(CC)n1. The monoisotopic (exact) mass is 186 g/mol. The Morgan fingerprint density at radius 1 is 1.57 bits per heavy atom. The molecule has 0 aliphatic heterocycles. The molecule has 4 nitrogen and oxygen atoms in total. The highest BCUT2D eigenvalue weighted by Crippen LogP contribution is 2.06. The van der Waals surface area contributed by atoms with Gasteiger partial charge < -0.3 is 5.32 Å². The van der Waals surface area contributed by atoms with Gasteiger partial charge in [0.15, 0.2) is 0 Å². The van der Waals surface area contributed by atoms with Crippen molar-refractivity contribution in [1.29, 1.82) is 5.26 Å². The van der Waals surface area contributed by atoms with Gasteiger partial charge in [0.2, 0.25) is 0 Å². The maximum atomic E-state index is 8.70. The van der Waals surface area contributed by atoms with Crippen molar-refractivity contribution in [2.75, 3.05) is 11.9 Å². The van der Waals surface area contributed by atoms with Crippen LogP contribution >= 0.6 is 0 Å². The first-order valence-electron chi connectivity index (χ1n) is 4.25. The Morgan fingerprint density at radius 3 is 2.93 bits per heavy atom. The Kier molecular flexibility index (Phi) is 3.46. The summed E-state index contributed by atoms with van der Waals surface area (Å²) in [5, 5.41) is 11.6. The molecule has 1 N–H and O–H groups in total. The Morgan fingerprint density at radius 2 is 2.36 bits per heavy atom. The van der Waals surface area contributed by atoms with Crippen LogP contribution in [0.25, 0.3) is 0 Å². The minimum absolute atomic E-state index is 0.358. The fraction of sp³-hybridized carbons (Fsp3) is 0.300. The molecule has 14 heavy (non-hydrogen) atoms. The van der Waals surface area contributed by atoms with E-state index in [0.717, 1.165) is 0 Å². The Hall–Kier alpha value is -2.07. The zero-order chi connectivity index (χ0) is 10.4. The fourth-order valence-electron chi connectivity index (χ4n) is 0.945. The van der Waals surface area contributed by atoms with Crippen LogP contribution in [0.4, 0.5) is 5.82 Å². The number of aromatic nitrogens is 2. The molecular formula is C10H10N4. The molecule has 0 aliphatic carbocycles. The average Bonchev–Trinajstić information content (AvgIpc) is 2.25. The number of nitrogens with one attached hydrogen (secondary N) is 1. The van der Waals surface area contributed by atoms with Crippen LogP contribution in [0.3, 0.4) is 0 Å². The summed E-state index contributed by atoms with van der Waals surface area (Å²) in [5.74, 6) is 3.68. The molecule has 70 valence electrons. The van der Waals surface area contributed by atoms with Gasteiger partial charge in [-0.1, -0.05) is 12.8 Å². The van der Waals surface area contributed by atoms with Crippen LogP contribution in [-0.2, 0) is 6.42 Å². The quantitative estimate of drug-likeness (QED) is 0.714. The lowest BCUT2D eigenvalue weighted by molar-refractivity contribution is 0.930. The maximum Gasteiger partial charge on any atom is 0.146 e. The number of nitriles is 1. The molecule has 0 atom stereocenters. The molecule has 0 aromatic carbocycles. The second-order valence-corrected chi connectivity index (χ2v) is 2.58. The van der Waals surface area contributed by atoms with E-state index >= 15 is 0 Å². The van der Waals surface area contributed by atoms with Crippen LogP contribution in [-0.4, -0.2) is 16.5 Å². The summed E-state index contributed by atoms with van der Waals surface area (Å²) in [5.41, 5.74) is 0.358. The molecule has 4 heteroatoms. The van der Waals surface area contributed by atoms with Crippen molar-refractivity contribution in [3.8, 4) is 18.4 Å². The van der Waals surface area contributed by atoms with Gasteiger partial charge in [-0.25, -0.2) is 9.97 Å². The molecule has 0 unspecified atom stereocenters. The number of aryl methyl sites for hydroxylation is 1. The predicted molar refractivity (Wildman–Crippen MR) is 53.4 cm³/mol. The third kappa shape index (κ3) is 2.46. The maximum absolute atomic E-state index is 8.70. The minimum Gasteiger partial charge on any atom is -0.359 e. The zero-order valence-electron chi connectivity index (χ0n) is 7.91. The van der Waals surface area contributed by atoms with Crippen molar-refractivity contribution in [3.05, 3.63) is 17.6 Å². The van der Waals surface area contributed by atoms with Gasteiger partial charge in [0.1, 0.15) is 23.4 Å². The van der Waals surface area contributed by atoms with Crippen molar-refractivity contribution in [1.82, 2.24) is 9.97 Å². The van der Waals surface area contributed by atoms with E-state index in [4.69, 9.17) is 11.7 Å². The van der Waals surface area contributed by atoms with Crippen LogP contribution in [0.2, 0.25) is 0 Å². The number of terminal acetylenes is 1. The zero-order valence-corrected chi connectivity index (χ0v) is 7.91. The van der Waals surface area contributed by atoms with Gasteiger partial charge in [0.05, 0.1) is 6.54 Å². The lowest BCUT2D eigenvalue weighted by Gasteiger charge is -2.03. The van der Waals surface area contributed by atoms with Gasteiger partial charge in [-0.15, -0.1) is 6.42 Å². The van der Waals surface area contributed by atoms with Crippen molar-refractivity contribution in [3.63, 3.8) is 0 Å². The lowest BCUT2D eigenvalue weighted by atomic mass is 10.3. The average molecular weight is 186 g/mol. The summed E-state index contributed by atoms with van der Waals surface area (Å²) in [7, 11) is 0. The second kappa shape index (κ2) is 4.84. The number of anilines is 1. The first-order chi connectivity index (χ1) is 6.80. The highest BCUT2D eigenvalue weighted by Gasteiger charge is 2.01. The number of hydrogen-bond donors (Lipinski definition) is 1. The molecule has 0 saturated heterocycles. The van der Waals surface area contributed by atoms with E-state index < -0.39 is 0 Å². The van der Waals surface area contributed by atoms with Crippen molar-refractivity contribution in [2.24, 2.45) is 0 Å². The summed E-state index contributed by atoms with van der Waals surface area (Å²) in [4.78, 5) is 8.18. The van der Waals surface area contributed by atoms with Gasteiger partial charge in [-0.2, -0.15) is 5.26 Å². The summed E-state index contributed by atoms with van der Waals surface area (Å²) in [6.07, 6.45) is 5.79. The van der Waals surface area contributed by atoms with E-state index in [1.54, 1.807) is 6.07 Å². The van der Waals surface area contributed by atoms with Crippen LogP contribution in [0.1, 0.15) is 18.4 Å². The molecule has 0 radical (unpaired) electrons. The van der Waals surface area contributed by atoms with Gasteiger partial charge in [0.25, 0.3) is 0 Å². The van der Waals surface area contributed by atoms with Crippen molar-refractivity contribution < 1.29 is 0 Å². The van der Waals surface area contributed by atoms with E-state index in [9.17, 15) is 0 Å². The summed E-state index contributed by atoms with van der Waals surface area (Å²) in [6.45, 7) is 2.33. The van der Waals surface area contributed by atoms with E-state index in [1.807, 2.05) is 13.0 Å². The fourth-order valence-corrected chi connectivity index (χ4v) is 0.945. The summed E-state index contributed by atoms with van der Waals surface area (Å²) < 4.78 is 0. The first-order valence-corrected chi connectivity index (χ1v) is 4.25. The van der Waals surface area contributed by atoms with Crippen molar-refractivity contribution in [2.45, 2.75) is 13.3 Å². The molecule has 1 aromatic heterocycles. The largest absolute Gasteiger partial charge is 0.359 e. The van der Waals surface area contributed by atoms with E-state index in [-0.39, 0.29) is 0 Å². The molecule has 1 aromatic rings. The van der Waals surface area contributed by atoms with Gasteiger partial charge in [-0.05, 0) is 0 Å². The van der Waals surface area contributed by atoms with E-state index in [2.05, 4.69) is 21.2 Å². The van der Waals surface area contributed by atoms with Crippen LogP contribution in [0.5, 0.6) is 0 Å². The molecular weight excluding hydrogens is 176 g/mol. The number of nitrogens with zero attached hydrogens (tertiary/aromatic N) is 3. The first kappa shape index (κ1) is 10.0. The summed E-state index contributed by atoms with van der Waals surface area (Å²) in [6, 6.07) is 3.56. The third-order valence-corrected chi connectivity index (χ3v) is 1.57. The molecule has 1 heterocycles. The topological polar surface area (TPSA) is 61.6 Å². The minimum atomic E-state index is 0.358. The van der Waals surface area contributed by atoms with Crippen LogP contribution < -0.4 is 5.32 Å². The van der Waals surface area contributed by atoms with Crippen LogP contribution in [0.15, 0.2) is 6.07 Å². The van der Waals surface area contributed by atoms with Gasteiger partial charge in [0, 0.05) is 12.5 Å². The molecule has 0 aliphatic rings. The van der Waals surface area contributed by atoms with Crippen molar-refractivity contribution >= 4 is 5.82 Å². The standard InChI is InChI=1S/C10H10N4/c1-3-5-12-10-6-8(7-11)13-9(4-2)14-10/h1,6H,4-5H2,2H3,(H,12,13,14). The lowest BCUT2D eigenvalue weighted by Crippen LogP contribution is -2.05.